The summed E-state index contributed by atoms with van der Waals surface area (Å²) in [4.78, 5) is 12.0. The van der Waals surface area contributed by atoms with Gasteiger partial charge < -0.3 is 20.4 Å². The number of nitrogens with one attached hydrogen (secondary N) is 3. The minimum Gasteiger partial charge on any atom is -0.380 e. The van der Waals surface area contributed by atoms with E-state index in [2.05, 4.69) is 50.7 Å². The normalized spacial score (nSPS) is 11.2. The highest BCUT2D eigenvalue weighted by molar-refractivity contribution is 5.90. The Morgan fingerprint density at radius 1 is 1.12 bits per heavy atom. The molecule has 3 N–H and O–H groups in total. The van der Waals surface area contributed by atoms with Gasteiger partial charge in [0.1, 0.15) is 6.07 Å². The lowest BCUT2D eigenvalue weighted by molar-refractivity contribution is 0.149. The second-order valence-electron chi connectivity index (χ2n) is 7.86. The van der Waals surface area contributed by atoms with Gasteiger partial charge in [-0.2, -0.15) is 5.26 Å². The molecule has 1 aromatic carbocycles. The smallest absolute Gasteiger partial charge is 0.103 e. The van der Waals surface area contributed by atoms with Crippen LogP contribution in [0.1, 0.15) is 34.9 Å². The number of hydrogen-bond donors (Lipinski definition) is 3. The number of benzene rings is 1. The molecule has 0 atom stereocenters. The van der Waals surface area contributed by atoms with Crippen molar-refractivity contribution < 1.29 is 4.74 Å². The van der Waals surface area contributed by atoms with Crippen molar-refractivity contribution in [3.8, 4) is 6.07 Å². The highest BCUT2D eigenvalue weighted by atomic mass is 16.5. The standard InChI is InChI=1S/C27H28N6O/c1-3-34-13-12-29-15-20-4-6-23(32-16-20)7-5-21-17-30-18-22(14-28)27(21)33-25-8-9-26-24(19(25)2)10-11-31-26/h4-11,16-18,29,31H,3,12-13,15H2,1-2H3,(H,30,33)/b7-5+. The number of fused-ring (bicyclic) bond motifs is 1. The number of aromatic amines is 1. The number of pyridine rings is 2. The van der Waals surface area contributed by atoms with Crippen molar-refractivity contribution in [2.24, 2.45) is 0 Å². The third kappa shape index (κ3) is 5.49. The molecule has 0 aliphatic heterocycles. The van der Waals surface area contributed by atoms with Crippen LogP contribution in [0.15, 0.2) is 55.1 Å². The van der Waals surface area contributed by atoms with E-state index >= 15 is 0 Å². The maximum Gasteiger partial charge on any atom is 0.103 e. The van der Waals surface area contributed by atoms with Gasteiger partial charge in [0, 0.05) is 66.6 Å². The van der Waals surface area contributed by atoms with E-state index in [1.54, 1.807) is 12.4 Å². The first kappa shape index (κ1) is 23.2. The van der Waals surface area contributed by atoms with Gasteiger partial charge in [0.05, 0.1) is 23.6 Å². The van der Waals surface area contributed by atoms with Crippen molar-refractivity contribution in [3.63, 3.8) is 0 Å². The maximum absolute atomic E-state index is 9.68. The number of nitriles is 1. The Labute approximate surface area is 199 Å². The van der Waals surface area contributed by atoms with Gasteiger partial charge in [0.25, 0.3) is 0 Å². The van der Waals surface area contributed by atoms with Crippen molar-refractivity contribution in [1.82, 2.24) is 20.3 Å². The number of rotatable bonds is 10. The Balaban J connectivity index is 1.51. The lowest BCUT2D eigenvalue weighted by Gasteiger charge is -2.14. The van der Waals surface area contributed by atoms with Crippen LogP contribution in [0.4, 0.5) is 11.4 Å². The minimum absolute atomic E-state index is 0.483. The first-order chi connectivity index (χ1) is 16.7. The molecule has 4 aromatic rings. The molecule has 172 valence electrons. The first-order valence-corrected chi connectivity index (χ1v) is 11.3. The SMILES string of the molecule is CCOCCNCc1ccc(/C=C/c2cncc(C#N)c2Nc2ccc3[nH]ccc3c2C)nc1. The van der Waals surface area contributed by atoms with Crippen LogP contribution in [0.3, 0.4) is 0 Å². The van der Waals surface area contributed by atoms with Crippen molar-refractivity contribution in [3.05, 3.63) is 83.1 Å². The Morgan fingerprint density at radius 2 is 2.03 bits per heavy atom. The average Bonchev–Trinajstić information content (AvgIpc) is 3.35. The molecule has 0 spiro atoms. The van der Waals surface area contributed by atoms with Crippen LogP contribution in [0.5, 0.6) is 0 Å². The molecule has 0 amide bonds. The van der Waals surface area contributed by atoms with Crippen LogP contribution in [0.2, 0.25) is 0 Å². The number of aryl methyl sites for hydroxylation is 1. The zero-order valence-corrected chi connectivity index (χ0v) is 19.4. The zero-order valence-electron chi connectivity index (χ0n) is 19.4. The summed E-state index contributed by atoms with van der Waals surface area (Å²) in [5.74, 6) is 0. The lowest BCUT2D eigenvalue weighted by Crippen LogP contribution is -2.19. The van der Waals surface area contributed by atoms with Gasteiger partial charge in [-0.1, -0.05) is 6.07 Å². The lowest BCUT2D eigenvalue weighted by atomic mass is 10.1. The summed E-state index contributed by atoms with van der Waals surface area (Å²) in [7, 11) is 0. The highest BCUT2D eigenvalue weighted by Crippen LogP contribution is 2.31. The van der Waals surface area contributed by atoms with Crippen molar-refractivity contribution >= 4 is 34.4 Å². The third-order valence-electron chi connectivity index (χ3n) is 5.60. The Bertz CT molecular complexity index is 1320. The fourth-order valence-electron chi connectivity index (χ4n) is 3.72. The molecule has 7 nitrogen and oxygen atoms in total. The fraction of sp³-hybridized carbons (Fsp3) is 0.222. The predicted molar refractivity (Wildman–Crippen MR) is 137 cm³/mol. The molecule has 0 bridgehead atoms. The van der Waals surface area contributed by atoms with Gasteiger partial charge in [0.15, 0.2) is 0 Å². The highest BCUT2D eigenvalue weighted by Gasteiger charge is 2.11. The van der Waals surface area contributed by atoms with Crippen molar-refractivity contribution in [2.75, 3.05) is 25.1 Å². The van der Waals surface area contributed by atoms with Gasteiger partial charge in [-0.05, 0) is 61.4 Å². The van der Waals surface area contributed by atoms with E-state index in [0.29, 0.717) is 12.2 Å². The summed E-state index contributed by atoms with van der Waals surface area (Å²) in [6.07, 6.45) is 11.0. The number of aromatic nitrogens is 3. The maximum atomic E-state index is 9.68. The van der Waals surface area contributed by atoms with Crippen molar-refractivity contribution in [1.29, 1.82) is 5.26 Å². The predicted octanol–water partition coefficient (Wildman–Crippen LogP) is 5.18. The molecule has 7 heteroatoms. The number of H-pyrrole nitrogens is 1. The molecule has 3 heterocycles. The zero-order chi connectivity index (χ0) is 23.8. The number of nitrogens with zero attached hydrogens (tertiary/aromatic N) is 3. The Morgan fingerprint density at radius 3 is 2.82 bits per heavy atom. The molecule has 3 aromatic heterocycles. The van der Waals surface area contributed by atoms with E-state index in [4.69, 9.17) is 4.74 Å². The molecule has 4 rings (SSSR count). The van der Waals surface area contributed by atoms with E-state index in [9.17, 15) is 5.26 Å². The van der Waals surface area contributed by atoms with Crippen LogP contribution in [-0.4, -0.2) is 34.7 Å². The molecule has 0 unspecified atom stereocenters. The monoisotopic (exact) mass is 452 g/mol. The molecule has 0 fully saturated rings. The molecule has 0 saturated carbocycles. The first-order valence-electron chi connectivity index (χ1n) is 11.3. The van der Waals surface area contributed by atoms with E-state index in [1.807, 2.05) is 49.7 Å². The number of ether oxygens (including phenoxy) is 1. The molecule has 0 radical (unpaired) electrons. The van der Waals surface area contributed by atoms with Gasteiger partial charge >= 0.3 is 0 Å². The van der Waals surface area contributed by atoms with Crippen LogP contribution >= 0.6 is 0 Å². The summed E-state index contributed by atoms with van der Waals surface area (Å²) in [5.41, 5.74) is 7.11. The summed E-state index contributed by atoms with van der Waals surface area (Å²) in [5, 5.41) is 17.6. The van der Waals surface area contributed by atoms with E-state index < -0.39 is 0 Å². The Kier molecular flexibility index (Phi) is 7.66. The molecule has 0 saturated heterocycles. The van der Waals surface area contributed by atoms with Gasteiger partial charge in [-0.3, -0.25) is 9.97 Å². The Hall–Kier alpha value is -3.99. The summed E-state index contributed by atoms with van der Waals surface area (Å²) >= 11 is 0. The van der Waals surface area contributed by atoms with E-state index in [0.717, 1.165) is 64.4 Å². The number of anilines is 2. The second-order valence-corrected chi connectivity index (χ2v) is 7.86. The molecular weight excluding hydrogens is 424 g/mol. The molecule has 0 aliphatic rings. The topological polar surface area (TPSA) is 98.6 Å². The summed E-state index contributed by atoms with van der Waals surface area (Å²) in [6.45, 7) is 7.05. The molecule has 34 heavy (non-hydrogen) atoms. The number of hydrogen-bond acceptors (Lipinski definition) is 6. The second kappa shape index (κ2) is 11.2. The van der Waals surface area contributed by atoms with Gasteiger partial charge in [-0.15, -0.1) is 0 Å². The van der Waals surface area contributed by atoms with Crippen LogP contribution in [0, 0.1) is 18.3 Å². The van der Waals surface area contributed by atoms with Crippen LogP contribution in [-0.2, 0) is 11.3 Å². The largest absolute Gasteiger partial charge is 0.380 e. The van der Waals surface area contributed by atoms with Crippen molar-refractivity contribution in [2.45, 2.75) is 20.4 Å². The fourth-order valence-corrected chi connectivity index (χ4v) is 3.72. The van der Waals surface area contributed by atoms with Crippen LogP contribution < -0.4 is 10.6 Å². The minimum atomic E-state index is 0.483. The average molecular weight is 453 g/mol. The third-order valence-corrected chi connectivity index (χ3v) is 5.60. The summed E-state index contributed by atoms with van der Waals surface area (Å²) in [6, 6.07) is 12.4. The van der Waals surface area contributed by atoms with E-state index in [1.165, 1.54) is 0 Å². The molecule has 0 aliphatic carbocycles. The van der Waals surface area contributed by atoms with Gasteiger partial charge in [-0.25, -0.2) is 0 Å². The quantitative estimate of drug-likeness (QED) is 0.287. The van der Waals surface area contributed by atoms with Gasteiger partial charge in [0.2, 0.25) is 0 Å². The summed E-state index contributed by atoms with van der Waals surface area (Å²) < 4.78 is 5.33. The molecular formula is C27H28N6O. The van der Waals surface area contributed by atoms with Crippen LogP contribution in [0.25, 0.3) is 23.1 Å². The van der Waals surface area contributed by atoms with E-state index in [-0.39, 0.29) is 0 Å².